The minimum Gasteiger partial charge on any atom is -0.496 e. The maximum atomic E-state index is 13.6. The molecule has 8 heteroatoms. The number of ether oxygens (including phenoxy) is 2. The van der Waals surface area contributed by atoms with Crippen LogP contribution in [-0.2, 0) is 14.8 Å². The number of hydrogen-bond donors (Lipinski definition) is 1. The van der Waals surface area contributed by atoms with E-state index in [4.69, 9.17) is 9.47 Å². The van der Waals surface area contributed by atoms with Gasteiger partial charge in [-0.3, -0.25) is 9.10 Å². The van der Waals surface area contributed by atoms with Crippen LogP contribution in [0.2, 0.25) is 0 Å². The van der Waals surface area contributed by atoms with E-state index >= 15 is 0 Å². The van der Waals surface area contributed by atoms with Crippen molar-refractivity contribution in [1.82, 2.24) is 0 Å². The fourth-order valence-corrected chi connectivity index (χ4v) is 5.33. The normalized spacial score (nSPS) is 13.8. The molecule has 144 valence electrons. The molecule has 2 aromatic rings. The number of para-hydroxylation sites is 2. The zero-order valence-corrected chi connectivity index (χ0v) is 16.7. The molecule has 0 atom stereocenters. The Balaban J connectivity index is 2.31. The Kier molecular flexibility index (Phi) is 4.77. The van der Waals surface area contributed by atoms with Gasteiger partial charge in [-0.15, -0.1) is 0 Å². The van der Waals surface area contributed by atoms with Crippen molar-refractivity contribution in [3.05, 3.63) is 41.0 Å². The van der Waals surface area contributed by atoms with E-state index in [-0.39, 0.29) is 17.2 Å². The van der Waals surface area contributed by atoms with Gasteiger partial charge in [0, 0.05) is 5.56 Å². The first-order valence-electron chi connectivity index (χ1n) is 8.37. The molecule has 2 aromatic carbocycles. The summed E-state index contributed by atoms with van der Waals surface area (Å²) in [5, 5.41) is 2.70. The molecule has 1 aliphatic rings. The Hall–Kier alpha value is -2.74. The third-order valence-corrected chi connectivity index (χ3v) is 6.74. The van der Waals surface area contributed by atoms with Crippen LogP contribution >= 0.6 is 0 Å². The first kappa shape index (κ1) is 19.0. The van der Waals surface area contributed by atoms with Gasteiger partial charge in [0.15, 0.2) is 0 Å². The number of carbonyl (C=O) groups excluding carboxylic acids is 1. The minimum atomic E-state index is -4.09. The van der Waals surface area contributed by atoms with Crippen LogP contribution in [0.25, 0.3) is 0 Å². The summed E-state index contributed by atoms with van der Waals surface area (Å²) in [6.07, 6.45) is 0. The van der Waals surface area contributed by atoms with Crippen molar-refractivity contribution in [3.8, 4) is 11.5 Å². The standard InChI is InChI=1S/C19H22N2O5S/c1-11-12(2)18(26-5)19(13(3)17(11)25-4)27(23,24)21-10-16(22)20-14-8-6-7-9-15(14)21/h6-9H,10H2,1-5H3,(H,20,22). The van der Waals surface area contributed by atoms with E-state index in [9.17, 15) is 13.2 Å². The molecule has 0 saturated carbocycles. The van der Waals surface area contributed by atoms with E-state index in [1.54, 1.807) is 38.1 Å². The molecule has 0 spiro atoms. The maximum absolute atomic E-state index is 13.6. The van der Waals surface area contributed by atoms with Gasteiger partial charge < -0.3 is 14.8 Å². The molecule has 0 radical (unpaired) electrons. The second kappa shape index (κ2) is 6.77. The molecule has 3 rings (SSSR count). The average molecular weight is 390 g/mol. The van der Waals surface area contributed by atoms with Crippen LogP contribution in [0.15, 0.2) is 29.2 Å². The summed E-state index contributed by atoms with van der Waals surface area (Å²) in [4.78, 5) is 12.1. The summed E-state index contributed by atoms with van der Waals surface area (Å²) < 4.78 is 39.3. The molecule has 1 N–H and O–H groups in total. The van der Waals surface area contributed by atoms with Crippen molar-refractivity contribution in [3.63, 3.8) is 0 Å². The molecular weight excluding hydrogens is 368 g/mol. The highest BCUT2D eigenvalue weighted by atomic mass is 32.2. The lowest BCUT2D eigenvalue weighted by molar-refractivity contribution is -0.115. The third kappa shape index (κ3) is 2.90. The lowest BCUT2D eigenvalue weighted by Gasteiger charge is -2.31. The highest BCUT2D eigenvalue weighted by molar-refractivity contribution is 7.93. The van der Waals surface area contributed by atoms with Crippen LogP contribution in [0.1, 0.15) is 16.7 Å². The van der Waals surface area contributed by atoms with Crippen LogP contribution in [-0.4, -0.2) is 35.1 Å². The Labute approximate surface area is 158 Å². The van der Waals surface area contributed by atoms with E-state index in [0.29, 0.717) is 28.3 Å². The molecule has 0 saturated heterocycles. The predicted molar refractivity (Wildman–Crippen MR) is 103 cm³/mol. The number of rotatable bonds is 4. The Morgan fingerprint density at radius 3 is 2.19 bits per heavy atom. The minimum absolute atomic E-state index is 0.00875. The molecule has 0 bridgehead atoms. The van der Waals surface area contributed by atoms with Crippen LogP contribution < -0.4 is 19.1 Å². The van der Waals surface area contributed by atoms with Crippen molar-refractivity contribution >= 4 is 27.3 Å². The van der Waals surface area contributed by atoms with Gasteiger partial charge in [-0.1, -0.05) is 12.1 Å². The molecular formula is C19H22N2O5S. The van der Waals surface area contributed by atoms with Crippen LogP contribution in [0, 0.1) is 20.8 Å². The largest absolute Gasteiger partial charge is 0.496 e. The van der Waals surface area contributed by atoms with Gasteiger partial charge in [0.05, 0.1) is 25.6 Å². The van der Waals surface area contributed by atoms with E-state index < -0.39 is 15.9 Å². The lowest BCUT2D eigenvalue weighted by Crippen LogP contribution is -2.42. The predicted octanol–water partition coefficient (Wildman–Crippen LogP) is 2.78. The van der Waals surface area contributed by atoms with Crippen LogP contribution in [0.4, 0.5) is 11.4 Å². The number of anilines is 2. The highest BCUT2D eigenvalue weighted by Gasteiger charge is 2.37. The van der Waals surface area contributed by atoms with Crippen molar-refractivity contribution < 1.29 is 22.7 Å². The third-order valence-electron chi connectivity index (χ3n) is 4.82. The Morgan fingerprint density at radius 2 is 1.56 bits per heavy atom. The molecule has 1 heterocycles. The number of benzene rings is 2. The number of carbonyl (C=O) groups is 1. The molecule has 0 aromatic heterocycles. The van der Waals surface area contributed by atoms with Gasteiger partial charge >= 0.3 is 0 Å². The number of nitrogens with one attached hydrogen (secondary N) is 1. The Morgan fingerprint density at radius 1 is 0.963 bits per heavy atom. The number of amides is 1. The van der Waals surface area contributed by atoms with Crippen molar-refractivity contribution in [1.29, 1.82) is 0 Å². The molecule has 27 heavy (non-hydrogen) atoms. The molecule has 1 amide bonds. The van der Waals surface area contributed by atoms with Gasteiger partial charge in [-0.25, -0.2) is 8.42 Å². The number of hydrogen-bond acceptors (Lipinski definition) is 5. The number of nitrogens with zero attached hydrogens (tertiary/aromatic N) is 1. The number of fused-ring (bicyclic) bond motifs is 1. The summed E-state index contributed by atoms with van der Waals surface area (Å²) in [5.41, 5.74) is 2.79. The van der Waals surface area contributed by atoms with Gasteiger partial charge in [0.1, 0.15) is 22.9 Å². The van der Waals surface area contributed by atoms with E-state index in [0.717, 1.165) is 9.87 Å². The van der Waals surface area contributed by atoms with Crippen molar-refractivity contribution in [2.45, 2.75) is 25.7 Å². The first-order valence-corrected chi connectivity index (χ1v) is 9.81. The van der Waals surface area contributed by atoms with Gasteiger partial charge in [0.2, 0.25) is 5.91 Å². The monoisotopic (exact) mass is 390 g/mol. The van der Waals surface area contributed by atoms with E-state index in [1.165, 1.54) is 14.2 Å². The number of methoxy groups -OCH3 is 2. The fourth-order valence-electron chi connectivity index (χ4n) is 3.45. The fraction of sp³-hybridized carbons (Fsp3) is 0.316. The van der Waals surface area contributed by atoms with Crippen molar-refractivity contribution in [2.75, 3.05) is 30.4 Å². The van der Waals surface area contributed by atoms with Gasteiger partial charge in [-0.2, -0.15) is 0 Å². The van der Waals surface area contributed by atoms with E-state index in [2.05, 4.69) is 5.32 Å². The summed E-state index contributed by atoms with van der Waals surface area (Å²) in [6, 6.07) is 6.79. The molecule has 1 aliphatic heterocycles. The molecule has 0 fully saturated rings. The van der Waals surface area contributed by atoms with Crippen LogP contribution in [0.3, 0.4) is 0 Å². The van der Waals surface area contributed by atoms with Gasteiger partial charge in [-0.05, 0) is 44.0 Å². The smallest absolute Gasteiger partial charge is 0.268 e. The SMILES string of the molecule is COc1c(C)c(C)c(OC)c(S(=O)(=O)N2CC(=O)Nc3ccccc32)c1C. The van der Waals surface area contributed by atoms with Crippen molar-refractivity contribution in [2.24, 2.45) is 0 Å². The number of sulfonamides is 1. The topological polar surface area (TPSA) is 84.9 Å². The Bertz CT molecular complexity index is 1030. The summed E-state index contributed by atoms with van der Waals surface area (Å²) in [6.45, 7) is 5.00. The highest BCUT2D eigenvalue weighted by Crippen LogP contribution is 2.43. The second-order valence-electron chi connectivity index (χ2n) is 6.35. The lowest BCUT2D eigenvalue weighted by atomic mass is 10.0. The van der Waals surface area contributed by atoms with E-state index in [1.807, 2.05) is 6.92 Å². The molecule has 0 aliphatic carbocycles. The van der Waals surface area contributed by atoms with Gasteiger partial charge in [0.25, 0.3) is 10.0 Å². The second-order valence-corrected chi connectivity index (χ2v) is 8.15. The summed E-state index contributed by atoms with van der Waals surface area (Å²) in [7, 11) is -1.15. The van der Waals surface area contributed by atoms with Crippen LogP contribution in [0.5, 0.6) is 11.5 Å². The summed E-state index contributed by atoms with van der Waals surface area (Å²) in [5.74, 6) is 0.348. The summed E-state index contributed by atoms with van der Waals surface area (Å²) >= 11 is 0. The molecule has 7 nitrogen and oxygen atoms in total. The zero-order chi connectivity index (χ0) is 19.9. The average Bonchev–Trinajstić information content (AvgIpc) is 2.63. The first-order chi connectivity index (χ1) is 12.7. The molecule has 0 unspecified atom stereocenters. The zero-order valence-electron chi connectivity index (χ0n) is 15.9. The maximum Gasteiger partial charge on any atom is 0.268 e. The quantitative estimate of drug-likeness (QED) is 0.868.